The zero-order valence-corrected chi connectivity index (χ0v) is 17.4. The summed E-state index contributed by atoms with van der Waals surface area (Å²) in [6.45, 7) is 5.41. The van der Waals surface area contributed by atoms with Gasteiger partial charge in [0.1, 0.15) is 17.3 Å². The Labute approximate surface area is 181 Å². The van der Waals surface area contributed by atoms with E-state index in [0.29, 0.717) is 48.2 Å². The molecule has 0 aliphatic carbocycles. The highest BCUT2D eigenvalue weighted by atomic mass is 16.5. The molecule has 3 aromatic rings. The van der Waals surface area contributed by atoms with Gasteiger partial charge in [0.25, 0.3) is 0 Å². The lowest BCUT2D eigenvalue weighted by atomic mass is 10.1. The first-order valence-corrected chi connectivity index (χ1v) is 10.2. The van der Waals surface area contributed by atoms with Crippen molar-refractivity contribution in [2.45, 2.75) is 13.3 Å². The average molecular weight is 416 g/mol. The van der Waals surface area contributed by atoms with Crippen molar-refractivity contribution in [2.24, 2.45) is 5.73 Å². The molecule has 4 rings (SSSR count). The number of nitrogens with two attached hydrogens (primary N) is 1. The molecule has 0 amide bonds. The molecule has 1 saturated heterocycles. The molecule has 2 aromatic heterocycles. The molecule has 8 nitrogen and oxygen atoms in total. The van der Waals surface area contributed by atoms with E-state index in [1.54, 1.807) is 30.7 Å². The van der Waals surface area contributed by atoms with Crippen molar-refractivity contribution in [3.05, 3.63) is 59.5 Å². The number of rotatable bonds is 6. The highest BCUT2D eigenvalue weighted by molar-refractivity contribution is 5.67. The average Bonchev–Trinajstić information content (AvgIpc) is 2.82. The smallest absolute Gasteiger partial charge is 0.162 e. The van der Waals surface area contributed by atoms with Gasteiger partial charge < -0.3 is 20.1 Å². The highest BCUT2D eigenvalue weighted by Crippen LogP contribution is 2.35. The summed E-state index contributed by atoms with van der Waals surface area (Å²) in [5, 5.41) is 9.38. The third-order valence-electron chi connectivity index (χ3n) is 5.08. The molecule has 0 bridgehead atoms. The summed E-state index contributed by atoms with van der Waals surface area (Å²) in [7, 11) is 0. The second kappa shape index (κ2) is 9.51. The van der Waals surface area contributed by atoms with Crippen LogP contribution < -0.4 is 15.4 Å². The van der Waals surface area contributed by atoms with Gasteiger partial charge in [-0.25, -0.2) is 15.0 Å². The molecule has 0 atom stereocenters. The van der Waals surface area contributed by atoms with Gasteiger partial charge in [-0.3, -0.25) is 0 Å². The topological polar surface area (TPSA) is 110 Å². The number of nitriles is 1. The molecule has 0 unspecified atom stereocenters. The summed E-state index contributed by atoms with van der Waals surface area (Å²) < 4.78 is 11.7. The van der Waals surface area contributed by atoms with Gasteiger partial charge in [0, 0.05) is 43.3 Å². The number of ether oxygens (including phenoxy) is 2. The van der Waals surface area contributed by atoms with E-state index in [1.165, 1.54) is 0 Å². The Bertz CT molecular complexity index is 1090. The Morgan fingerprint density at radius 2 is 1.87 bits per heavy atom. The first kappa shape index (κ1) is 20.7. The summed E-state index contributed by atoms with van der Waals surface area (Å²) in [5.41, 5.74) is 8.69. The molecular weight excluding hydrogens is 392 g/mol. The number of anilines is 1. The maximum atomic E-state index is 9.38. The second-order valence-corrected chi connectivity index (χ2v) is 7.29. The second-order valence-electron chi connectivity index (χ2n) is 7.29. The first-order valence-electron chi connectivity index (χ1n) is 10.2. The summed E-state index contributed by atoms with van der Waals surface area (Å²) in [6.07, 6.45) is 6.06. The largest absolute Gasteiger partial charge is 0.456 e. The van der Waals surface area contributed by atoms with Gasteiger partial charge >= 0.3 is 0 Å². The first-order chi connectivity index (χ1) is 15.2. The predicted octanol–water partition coefficient (Wildman–Crippen LogP) is 2.85. The van der Waals surface area contributed by atoms with Crippen LogP contribution in [0.1, 0.15) is 16.7 Å². The van der Waals surface area contributed by atoms with Crippen molar-refractivity contribution in [2.75, 3.05) is 37.7 Å². The summed E-state index contributed by atoms with van der Waals surface area (Å²) in [5.74, 6) is 2.56. The minimum atomic E-state index is 0.499. The molecule has 0 saturated carbocycles. The number of pyridine rings is 1. The fourth-order valence-electron chi connectivity index (χ4n) is 3.34. The van der Waals surface area contributed by atoms with Crippen LogP contribution in [0.2, 0.25) is 0 Å². The normalized spacial score (nSPS) is 13.6. The van der Waals surface area contributed by atoms with E-state index in [2.05, 4.69) is 25.9 Å². The van der Waals surface area contributed by atoms with Crippen LogP contribution in [0.25, 0.3) is 11.4 Å². The van der Waals surface area contributed by atoms with Crippen molar-refractivity contribution in [1.29, 1.82) is 5.26 Å². The SMILES string of the molecule is Cc1cnc(N2CCOCC2)cc1Oc1cc(C#N)ccc1-c1ncc(CCN)cn1. The Kier molecular flexibility index (Phi) is 6.36. The number of hydrogen-bond acceptors (Lipinski definition) is 8. The van der Waals surface area contributed by atoms with Crippen LogP contribution in [-0.4, -0.2) is 47.8 Å². The Balaban J connectivity index is 1.68. The number of benzene rings is 1. The van der Waals surface area contributed by atoms with Gasteiger partial charge in [-0.2, -0.15) is 5.26 Å². The number of aryl methyl sites for hydroxylation is 1. The van der Waals surface area contributed by atoms with E-state index in [9.17, 15) is 5.26 Å². The van der Waals surface area contributed by atoms with E-state index >= 15 is 0 Å². The van der Waals surface area contributed by atoms with Crippen molar-refractivity contribution in [3.63, 3.8) is 0 Å². The number of aromatic nitrogens is 3. The Morgan fingerprint density at radius 1 is 1.10 bits per heavy atom. The van der Waals surface area contributed by atoms with Crippen molar-refractivity contribution < 1.29 is 9.47 Å². The fourth-order valence-corrected chi connectivity index (χ4v) is 3.34. The fraction of sp³-hybridized carbons (Fsp3) is 0.304. The Hall–Kier alpha value is -3.54. The molecule has 2 N–H and O–H groups in total. The lowest BCUT2D eigenvalue weighted by Gasteiger charge is -2.28. The highest BCUT2D eigenvalue weighted by Gasteiger charge is 2.17. The summed E-state index contributed by atoms with van der Waals surface area (Å²) >= 11 is 0. The third kappa shape index (κ3) is 4.79. The maximum absolute atomic E-state index is 9.38. The molecule has 0 spiro atoms. The quantitative estimate of drug-likeness (QED) is 0.653. The Morgan fingerprint density at radius 3 is 2.58 bits per heavy atom. The zero-order valence-electron chi connectivity index (χ0n) is 17.4. The van der Waals surface area contributed by atoms with Crippen LogP contribution >= 0.6 is 0 Å². The van der Waals surface area contributed by atoms with E-state index in [1.807, 2.05) is 19.1 Å². The van der Waals surface area contributed by atoms with Crippen LogP contribution in [0.5, 0.6) is 11.5 Å². The van der Waals surface area contributed by atoms with Gasteiger partial charge in [0.2, 0.25) is 0 Å². The lowest BCUT2D eigenvalue weighted by molar-refractivity contribution is 0.122. The van der Waals surface area contributed by atoms with Gasteiger partial charge in [-0.15, -0.1) is 0 Å². The standard InChI is InChI=1S/C23H24N6O2/c1-16-13-26-22(29-6-8-30-9-7-29)11-20(16)31-21-10-17(12-25)2-3-19(21)23-27-14-18(4-5-24)15-28-23/h2-3,10-11,13-15H,4-9,24H2,1H3. The van der Waals surface area contributed by atoms with Crippen LogP contribution in [0.15, 0.2) is 42.9 Å². The molecule has 0 radical (unpaired) electrons. The minimum Gasteiger partial charge on any atom is -0.456 e. The molecule has 158 valence electrons. The van der Waals surface area contributed by atoms with Crippen LogP contribution in [0.3, 0.4) is 0 Å². The summed E-state index contributed by atoms with van der Waals surface area (Å²) in [4.78, 5) is 15.7. The minimum absolute atomic E-state index is 0.499. The molecule has 3 heterocycles. The van der Waals surface area contributed by atoms with Gasteiger partial charge in [-0.05, 0) is 43.7 Å². The monoisotopic (exact) mass is 416 g/mol. The van der Waals surface area contributed by atoms with Crippen molar-refractivity contribution in [3.8, 4) is 29.0 Å². The molecule has 1 aromatic carbocycles. The number of morpholine rings is 1. The molecule has 1 aliphatic heterocycles. The van der Waals surface area contributed by atoms with Gasteiger partial charge in [0.15, 0.2) is 5.82 Å². The maximum Gasteiger partial charge on any atom is 0.162 e. The molecule has 8 heteroatoms. The zero-order chi connectivity index (χ0) is 21.6. The van der Waals surface area contributed by atoms with E-state index in [-0.39, 0.29) is 0 Å². The van der Waals surface area contributed by atoms with E-state index < -0.39 is 0 Å². The van der Waals surface area contributed by atoms with Gasteiger partial charge in [0.05, 0.1) is 30.4 Å². The lowest BCUT2D eigenvalue weighted by Crippen LogP contribution is -2.36. The molecular formula is C23H24N6O2. The van der Waals surface area contributed by atoms with Crippen LogP contribution in [0, 0.1) is 18.3 Å². The molecule has 31 heavy (non-hydrogen) atoms. The van der Waals surface area contributed by atoms with E-state index in [0.717, 1.165) is 36.5 Å². The molecule has 1 aliphatic rings. The summed E-state index contributed by atoms with van der Waals surface area (Å²) in [6, 6.07) is 9.35. The van der Waals surface area contributed by atoms with Gasteiger partial charge in [-0.1, -0.05) is 0 Å². The van der Waals surface area contributed by atoms with E-state index in [4.69, 9.17) is 15.2 Å². The van der Waals surface area contributed by atoms with Crippen molar-refractivity contribution >= 4 is 5.82 Å². The number of nitrogens with zero attached hydrogens (tertiary/aromatic N) is 5. The number of hydrogen-bond donors (Lipinski definition) is 1. The molecule has 1 fully saturated rings. The van der Waals surface area contributed by atoms with Crippen molar-refractivity contribution in [1.82, 2.24) is 15.0 Å². The predicted molar refractivity (Wildman–Crippen MR) is 117 cm³/mol. The van der Waals surface area contributed by atoms with Crippen LogP contribution in [0.4, 0.5) is 5.82 Å². The third-order valence-corrected chi connectivity index (χ3v) is 5.08. The van der Waals surface area contributed by atoms with Crippen LogP contribution in [-0.2, 0) is 11.2 Å².